The van der Waals surface area contributed by atoms with Gasteiger partial charge in [0.25, 0.3) is 0 Å². The molecule has 1 unspecified atom stereocenters. The fourth-order valence-corrected chi connectivity index (χ4v) is 7.48. The first-order valence-corrected chi connectivity index (χ1v) is 13.2. The van der Waals surface area contributed by atoms with Crippen molar-refractivity contribution in [3.05, 3.63) is 96.6 Å². The third kappa shape index (κ3) is 6.09. The first-order chi connectivity index (χ1) is 16.0. The Bertz CT molecular complexity index is 1050. The van der Waals surface area contributed by atoms with E-state index in [0.29, 0.717) is 13.0 Å². The van der Waals surface area contributed by atoms with Crippen molar-refractivity contribution in [1.29, 1.82) is 0 Å². The second kappa shape index (κ2) is 11.8. The number of esters is 1. The standard InChI is InChI=1S/C28H32NO3P/c1-4-32-28(30)21-20-27(23(3)29-22(2)24-14-8-5-9-15-24)33(31,25-16-10-6-11-17-25)26-18-12-7-13-19-26/h5-19,22,27H,4,20-21H2,1-3H3/t22-,27?/m0/s1. The van der Waals surface area contributed by atoms with E-state index >= 15 is 4.57 Å². The van der Waals surface area contributed by atoms with Crippen molar-refractivity contribution in [1.82, 2.24) is 0 Å². The fraction of sp³-hybridized carbons (Fsp3) is 0.286. The zero-order valence-corrected chi connectivity index (χ0v) is 20.4. The fourth-order valence-electron chi connectivity index (χ4n) is 4.15. The van der Waals surface area contributed by atoms with Gasteiger partial charge < -0.3 is 9.30 Å². The predicted molar refractivity (Wildman–Crippen MR) is 137 cm³/mol. The molecule has 3 aromatic rings. The zero-order chi connectivity index (χ0) is 23.7. The topological polar surface area (TPSA) is 55.7 Å². The van der Waals surface area contributed by atoms with E-state index in [1.807, 2.05) is 105 Å². The third-order valence-electron chi connectivity index (χ3n) is 5.81. The Balaban J connectivity index is 2.09. The molecule has 0 fully saturated rings. The molecular formula is C28H32NO3P. The quantitative estimate of drug-likeness (QED) is 0.213. The molecule has 0 aliphatic rings. The van der Waals surface area contributed by atoms with E-state index in [1.54, 1.807) is 6.92 Å². The number of benzene rings is 3. The van der Waals surface area contributed by atoms with Crippen LogP contribution in [0.4, 0.5) is 0 Å². The molecular weight excluding hydrogens is 429 g/mol. The number of hydrogen-bond acceptors (Lipinski definition) is 4. The number of aliphatic imine (C=N–C) groups is 1. The summed E-state index contributed by atoms with van der Waals surface area (Å²) in [6, 6.07) is 29.1. The summed E-state index contributed by atoms with van der Waals surface area (Å²) in [5.74, 6) is -0.279. The van der Waals surface area contributed by atoms with E-state index in [1.165, 1.54) is 0 Å². The predicted octanol–water partition coefficient (Wildman–Crippen LogP) is 5.93. The van der Waals surface area contributed by atoms with E-state index in [4.69, 9.17) is 9.73 Å². The van der Waals surface area contributed by atoms with Gasteiger partial charge in [-0.05, 0) is 32.8 Å². The summed E-state index contributed by atoms with van der Waals surface area (Å²) in [7, 11) is -3.15. The smallest absolute Gasteiger partial charge is 0.305 e. The summed E-state index contributed by atoms with van der Waals surface area (Å²) in [4.78, 5) is 17.2. The summed E-state index contributed by atoms with van der Waals surface area (Å²) in [6.07, 6.45) is 0.589. The molecule has 5 heteroatoms. The van der Waals surface area contributed by atoms with Gasteiger partial charge >= 0.3 is 5.97 Å². The van der Waals surface area contributed by atoms with Gasteiger partial charge in [0.05, 0.1) is 18.3 Å². The molecule has 0 aliphatic carbocycles. The Hall–Kier alpha value is -2.97. The monoisotopic (exact) mass is 461 g/mol. The maximum Gasteiger partial charge on any atom is 0.305 e. The number of nitrogens with zero attached hydrogens (tertiary/aromatic N) is 1. The first kappa shape index (κ1) is 24.7. The highest BCUT2D eigenvalue weighted by atomic mass is 31.2. The summed E-state index contributed by atoms with van der Waals surface area (Å²) in [5, 5.41) is 1.54. The largest absolute Gasteiger partial charge is 0.466 e. The van der Waals surface area contributed by atoms with Gasteiger partial charge in [-0.3, -0.25) is 9.79 Å². The lowest BCUT2D eigenvalue weighted by atomic mass is 10.1. The Kier molecular flexibility index (Phi) is 8.79. The second-order valence-corrected chi connectivity index (χ2v) is 11.0. The van der Waals surface area contributed by atoms with Gasteiger partial charge in [0.1, 0.15) is 0 Å². The minimum atomic E-state index is -3.15. The lowest BCUT2D eigenvalue weighted by molar-refractivity contribution is -0.143. The van der Waals surface area contributed by atoms with E-state index in [-0.39, 0.29) is 18.4 Å². The van der Waals surface area contributed by atoms with Gasteiger partial charge in [0.2, 0.25) is 0 Å². The van der Waals surface area contributed by atoms with Gasteiger partial charge in [-0.1, -0.05) is 91.0 Å². The molecule has 0 bridgehead atoms. The SMILES string of the molecule is CCOC(=O)CCC(C(C)=N[C@@H](C)c1ccccc1)P(=O)(c1ccccc1)c1ccccc1. The Morgan fingerprint density at radius 3 is 1.85 bits per heavy atom. The molecule has 0 saturated heterocycles. The van der Waals surface area contributed by atoms with E-state index in [2.05, 4.69) is 0 Å². The normalized spacial score (nSPS) is 13.8. The van der Waals surface area contributed by atoms with Crippen LogP contribution in [0.15, 0.2) is 96.0 Å². The highest BCUT2D eigenvalue weighted by Gasteiger charge is 2.38. The molecule has 3 rings (SSSR count). The molecule has 0 spiro atoms. The maximum absolute atomic E-state index is 15.0. The second-order valence-electron chi connectivity index (χ2n) is 8.05. The number of carbonyl (C=O) groups excluding carboxylic acids is 1. The van der Waals surface area contributed by atoms with Crippen LogP contribution in [0.2, 0.25) is 0 Å². The zero-order valence-electron chi connectivity index (χ0n) is 19.6. The minimum absolute atomic E-state index is 0.0868. The molecule has 0 amide bonds. The Morgan fingerprint density at radius 1 is 0.879 bits per heavy atom. The van der Waals surface area contributed by atoms with Crippen molar-refractivity contribution in [2.24, 2.45) is 4.99 Å². The molecule has 0 aromatic heterocycles. The molecule has 0 N–H and O–H groups in total. The highest BCUT2D eigenvalue weighted by molar-refractivity contribution is 7.80. The van der Waals surface area contributed by atoms with E-state index < -0.39 is 12.8 Å². The van der Waals surface area contributed by atoms with Crippen molar-refractivity contribution in [3.63, 3.8) is 0 Å². The first-order valence-electron chi connectivity index (χ1n) is 11.4. The molecule has 33 heavy (non-hydrogen) atoms. The van der Waals surface area contributed by atoms with Gasteiger partial charge in [-0.2, -0.15) is 0 Å². The maximum atomic E-state index is 15.0. The van der Waals surface area contributed by atoms with Crippen molar-refractivity contribution in [3.8, 4) is 0 Å². The van der Waals surface area contributed by atoms with Crippen LogP contribution >= 0.6 is 7.14 Å². The van der Waals surface area contributed by atoms with Crippen LogP contribution in [0, 0.1) is 0 Å². The van der Waals surface area contributed by atoms with Crippen LogP contribution in [0.5, 0.6) is 0 Å². The molecule has 2 atom stereocenters. The average molecular weight is 462 g/mol. The molecule has 0 radical (unpaired) electrons. The Labute approximate surface area is 197 Å². The number of ether oxygens (including phenoxy) is 1. The highest BCUT2D eigenvalue weighted by Crippen LogP contribution is 2.51. The summed E-state index contributed by atoms with van der Waals surface area (Å²) >= 11 is 0. The summed E-state index contributed by atoms with van der Waals surface area (Å²) in [6.45, 7) is 6.10. The van der Waals surface area contributed by atoms with Crippen molar-refractivity contribution in [2.45, 2.75) is 45.3 Å². The summed E-state index contributed by atoms with van der Waals surface area (Å²) < 4.78 is 20.2. The lowest BCUT2D eigenvalue weighted by Crippen LogP contribution is -2.31. The van der Waals surface area contributed by atoms with Gasteiger partial charge in [0.15, 0.2) is 7.14 Å². The number of hydrogen-bond donors (Lipinski definition) is 0. The van der Waals surface area contributed by atoms with Crippen LogP contribution in [-0.4, -0.2) is 23.9 Å². The van der Waals surface area contributed by atoms with E-state index in [0.717, 1.165) is 21.9 Å². The van der Waals surface area contributed by atoms with Crippen molar-refractivity contribution >= 4 is 29.4 Å². The van der Waals surface area contributed by atoms with Crippen molar-refractivity contribution < 1.29 is 14.1 Å². The molecule has 4 nitrogen and oxygen atoms in total. The summed E-state index contributed by atoms with van der Waals surface area (Å²) in [5.41, 5.74) is 1.46. The third-order valence-corrected chi connectivity index (χ3v) is 9.45. The van der Waals surface area contributed by atoms with Crippen LogP contribution < -0.4 is 10.6 Å². The lowest BCUT2D eigenvalue weighted by Gasteiger charge is -2.29. The van der Waals surface area contributed by atoms with Gasteiger partial charge in [-0.15, -0.1) is 0 Å². The molecule has 0 aliphatic heterocycles. The van der Waals surface area contributed by atoms with Crippen LogP contribution in [0.25, 0.3) is 0 Å². The molecule has 3 aromatic carbocycles. The van der Waals surface area contributed by atoms with Gasteiger partial charge in [0, 0.05) is 22.7 Å². The molecule has 0 heterocycles. The van der Waals surface area contributed by atoms with E-state index in [9.17, 15) is 4.79 Å². The van der Waals surface area contributed by atoms with Crippen LogP contribution in [-0.2, 0) is 14.1 Å². The average Bonchev–Trinajstić information content (AvgIpc) is 2.85. The number of carbonyl (C=O) groups is 1. The van der Waals surface area contributed by atoms with Crippen LogP contribution in [0.1, 0.15) is 45.2 Å². The van der Waals surface area contributed by atoms with Crippen LogP contribution in [0.3, 0.4) is 0 Å². The molecule has 0 saturated carbocycles. The molecule has 172 valence electrons. The van der Waals surface area contributed by atoms with Crippen molar-refractivity contribution in [2.75, 3.05) is 6.61 Å². The minimum Gasteiger partial charge on any atom is -0.466 e. The Morgan fingerprint density at radius 2 is 1.36 bits per heavy atom. The number of rotatable bonds is 10. The van der Waals surface area contributed by atoms with Gasteiger partial charge in [-0.25, -0.2) is 0 Å².